The number of para-hydroxylation sites is 1. The van der Waals surface area contributed by atoms with Crippen molar-refractivity contribution in [3.8, 4) is 0 Å². The van der Waals surface area contributed by atoms with Crippen molar-refractivity contribution in [2.45, 2.75) is 26.4 Å². The van der Waals surface area contributed by atoms with Gasteiger partial charge in [0.25, 0.3) is 0 Å². The maximum Gasteiger partial charge on any atom is 0.315 e. The van der Waals surface area contributed by atoms with Crippen molar-refractivity contribution in [1.82, 2.24) is 0 Å². The Hall–Kier alpha value is -1.82. The largest absolute Gasteiger partial charge is 0.393 e. The molecule has 0 saturated carbocycles. The van der Waals surface area contributed by atoms with Crippen LogP contribution in [0.2, 0.25) is 0 Å². The highest BCUT2D eigenvalue weighted by molar-refractivity contribution is 5.76. The summed E-state index contributed by atoms with van der Waals surface area (Å²) >= 11 is 0. The van der Waals surface area contributed by atoms with Crippen LogP contribution in [0.4, 0.5) is 17.1 Å². The van der Waals surface area contributed by atoms with Crippen LogP contribution in [0.15, 0.2) is 18.2 Å². The van der Waals surface area contributed by atoms with E-state index in [4.69, 9.17) is 0 Å². The first-order valence-corrected chi connectivity index (χ1v) is 6.37. The molecule has 0 aliphatic heterocycles. The topological polar surface area (TPSA) is 78.6 Å². The molecule has 0 aliphatic carbocycles. The van der Waals surface area contributed by atoms with E-state index in [2.05, 4.69) is 5.32 Å². The predicted molar refractivity (Wildman–Crippen MR) is 76.8 cm³/mol. The van der Waals surface area contributed by atoms with Gasteiger partial charge in [-0.05, 0) is 32.4 Å². The second-order valence-corrected chi connectivity index (χ2v) is 4.52. The number of aliphatic hydroxyl groups is 1. The van der Waals surface area contributed by atoms with Crippen LogP contribution in [-0.4, -0.2) is 36.3 Å². The van der Waals surface area contributed by atoms with E-state index in [1.165, 1.54) is 0 Å². The van der Waals surface area contributed by atoms with Crippen LogP contribution >= 0.6 is 0 Å². The van der Waals surface area contributed by atoms with Gasteiger partial charge in [0.05, 0.1) is 11.0 Å². The van der Waals surface area contributed by atoms with Gasteiger partial charge >= 0.3 is 5.69 Å². The van der Waals surface area contributed by atoms with Crippen LogP contribution in [0.3, 0.4) is 0 Å². The van der Waals surface area contributed by atoms with Crippen LogP contribution in [0.25, 0.3) is 0 Å². The monoisotopic (exact) mass is 267 g/mol. The lowest BCUT2D eigenvalue weighted by molar-refractivity contribution is -0.383. The highest BCUT2D eigenvalue weighted by atomic mass is 16.6. The van der Waals surface area contributed by atoms with Crippen molar-refractivity contribution in [3.63, 3.8) is 0 Å². The van der Waals surface area contributed by atoms with Crippen molar-refractivity contribution >= 4 is 17.1 Å². The maximum atomic E-state index is 11.2. The summed E-state index contributed by atoms with van der Waals surface area (Å²) in [5, 5.41) is 23.5. The Balaban J connectivity index is 3.04. The third-order valence-corrected chi connectivity index (χ3v) is 2.86. The molecule has 0 saturated heterocycles. The second-order valence-electron chi connectivity index (χ2n) is 4.52. The lowest BCUT2D eigenvalue weighted by atomic mass is 10.2. The standard InChI is InChI=1S/C13H21N3O3/c1-4-14-11-6-5-7-12(13(11)16(18)19)15(3)9-8-10(2)17/h5-7,10,14,17H,4,8-9H2,1-3H3. The summed E-state index contributed by atoms with van der Waals surface area (Å²) in [6.07, 6.45) is 0.150. The van der Waals surface area contributed by atoms with Gasteiger partial charge in [-0.2, -0.15) is 0 Å². The van der Waals surface area contributed by atoms with Crippen molar-refractivity contribution < 1.29 is 10.0 Å². The van der Waals surface area contributed by atoms with Crippen LogP contribution < -0.4 is 10.2 Å². The van der Waals surface area contributed by atoms with E-state index >= 15 is 0 Å². The number of aliphatic hydroxyl groups excluding tert-OH is 1. The number of nitro groups is 1. The minimum absolute atomic E-state index is 0.0810. The lowest BCUT2D eigenvalue weighted by Crippen LogP contribution is -2.23. The molecule has 1 atom stereocenters. The summed E-state index contributed by atoms with van der Waals surface area (Å²) in [7, 11) is 1.79. The molecule has 1 rings (SSSR count). The Morgan fingerprint density at radius 1 is 1.53 bits per heavy atom. The zero-order chi connectivity index (χ0) is 14.4. The van der Waals surface area contributed by atoms with Gasteiger partial charge in [0.1, 0.15) is 11.4 Å². The van der Waals surface area contributed by atoms with Gasteiger partial charge in [0.2, 0.25) is 0 Å². The molecular formula is C13H21N3O3. The van der Waals surface area contributed by atoms with Gasteiger partial charge in [-0.1, -0.05) is 6.07 Å². The minimum Gasteiger partial charge on any atom is -0.393 e. The van der Waals surface area contributed by atoms with Crippen LogP contribution in [0.1, 0.15) is 20.3 Å². The molecule has 0 bridgehead atoms. The molecule has 0 fully saturated rings. The number of anilines is 2. The summed E-state index contributed by atoms with van der Waals surface area (Å²) in [5.74, 6) is 0. The highest BCUT2D eigenvalue weighted by Gasteiger charge is 2.21. The van der Waals surface area contributed by atoms with E-state index in [0.717, 1.165) is 0 Å². The van der Waals surface area contributed by atoms with Crippen molar-refractivity contribution in [2.24, 2.45) is 0 Å². The molecule has 0 aromatic heterocycles. The Labute approximate surface area is 113 Å². The van der Waals surface area contributed by atoms with Crippen LogP contribution in [-0.2, 0) is 0 Å². The Bertz CT molecular complexity index is 435. The molecule has 1 unspecified atom stereocenters. The Kier molecular flexibility index (Phi) is 5.57. The fraction of sp³-hybridized carbons (Fsp3) is 0.538. The third-order valence-electron chi connectivity index (χ3n) is 2.86. The SMILES string of the molecule is CCNc1cccc(N(C)CCC(C)O)c1[N+](=O)[O-]. The molecule has 19 heavy (non-hydrogen) atoms. The van der Waals surface area contributed by atoms with Gasteiger partial charge < -0.3 is 15.3 Å². The van der Waals surface area contributed by atoms with Crippen LogP contribution in [0.5, 0.6) is 0 Å². The molecule has 0 spiro atoms. The smallest absolute Gasteiger partial charge is 0.315 e. The third kappa shape index (κ3) is 4.10. The molecule has 0 amide bonds. The van der Waals surface area contributed by atoms with Gasteiger partial charge in [0.15, 0.2) is 0 Å². The van der Waals surface area contributed by atoms with E-state index in [9.17, 15) is 15.2 Å². The fourth-order valence-electron chi connectivity index (χ4n) is 1.87. The zero-order valence-electron chi connectivity index (χ0n) is 11.6. The molecule has 0 aliphatic rings. The molecule has 1 aromatic rings. The first-order valence-electron chi connectivity index (χ1n) is 6.37. The quantitative estimate of drug-likeness (QED) is 0.585. The summed E-state index contributed by atoms with van der Waals surface area (Å²) in [6.45, 7) is 4.79. The lowest BCUT2D eigenvalue weighted by Gasteiger charge is -2.21. The predicted octanol–water partition coefficient (Wildman–Crippen LogP) is 2.23. The van der Waals surface area contributed by atoms with E-state index in [1.807, 2.05) is 6.92 Å². The van der Waals surface area contributed by atoms with Gasteiger partial charge in [-0.3, -0.25) is 10.1 Å². The number of nitrogens with zero attached hydrogens (tertiary/aromatic N) is 2. The van der Waals surface area contributed by atoms with E-state index in [0.29, 0.717) is 30.9 Å². The van der Waals surface area contributed by atoms with Gasteiger partial charge in [-0.15, -0.1) is 0 Å². The molecule has 106 valence electrons. The first kappa shape index (κ1) is 15.2. The average Bonchev–Trinajstić information content (AvgIpc) is 2.35. The summed E-state index contributed by atoms with van der Waals surface area (Å²) in [4.78, 5) is 12.7. The number of benzene rings is 1. The molecule has 0 radical (unpaired) electrons. The molecular weight excluding hydrogens is 246 g/mol. The maximum absolute atomic E-state index is 11.2. The number of hydrogen-bond donors (Lipinski definition) is 2. The molecule has 0 heterocycles. The fourth-order valence-corrected chi connectivity index (χ4v) is 1.87. The van der Waals surface area contributed by atoms with Gasteiger partial charge in [0, 0.05) is 20.1 Å². The minimum atomic E-state index is -0.418. The average molecular weight is 267 g/mol. The van der Waals surface area contributed by atoms with E-state index < -0.39 is 6.10 Å². The Morgan fingerprint density at radius 2 is 2.21 bits per heavy atom. The van der Waals surface area contributed by atoms with Crippen molar-refractivity contribution in [3.05, 3.63) is 28.3 Å². The summed E-state index contributed by atoms with van der Waals surface area (Å²) < 4.78 is 0. The molecule has 6 heteroatoms. The number of hydrogen-bond acceptors (Lipinski definition) is 5. The van der Waals surface area contributed by atoms with E-state index in [-0.39, 0.29) is 10.6 Å². The molecule has 1 aromatic carbocycles. The normalized spacial score (nSPS) is 12.0. The summed E-state index contributed by atoms with van der Waals surface area (Å²) in [5.41, 5.74) is 1.16. The van der Waals surface area contributed by atoms with Crippen molar-refractivity contribution in [1.29, 1.82) is 0 Å². The number of nitrogens with one attached hydrogen (secondary N) is 1. The van der Waals surface area contributed by atoms with E-state index in [1.54, 1.807) is 37.1 Å². The Morgan fingerprint density at radius 3 is 2.74 bits per heavy atom. The van der Waals surface area contributed by atoms with Crippen molar-refractivity contribution in [2.75, 3.05) is 30.4 Å². The molecule has 2 N–H and O–H groups in total. The number of rotatable bonds is 7. The first-order chi connectivity index (χ1) is 8.97. The zero-order valence-corrected chi connectivity index (χ0v) is 11.6. The van der Waals surface area contributed by atoms with Crippen LogP contribution in [0, 0.1) is 10.1 Å². The second kappa shape index (κ2) is 6.94. The molecule has 6 nitrogen and oxygen atoms in total. The highest BCUT2D eigenvalue weighted by Crippen LogP contribution is 2.34. The van der Waals surface area contributed by atoms with Gasteiger partial charge in [-0.25, -0.2) is 0 Å². The number of nitro benzene ring substituents is 1. The summed E-state index contributed by atoms with van der Waals surface area (Å²) in [6, 6.07) is 5.22.